The number of amides is 1. The van der Waals surface area contributed by atoms with Crippen LogP contribution in [0.1, 0.15) is 43.7 Å². The van der Waals surface area contributed by atoms with E-state index in [1.807, 2.05) is 6.07 Å². The van der Waals surface area contributed by atoms with E-state index in [4.69, 9.17) is 9.47 Å². The molecule has 22 heavy (non-hydrogen) atoms. The van der Waals surface area contributed by atoms with Gasteiger partial charge < -0.3 is 14.8 Å². The Morgan fingerprint density at radius 1 is 1.32 bits per heavy atom. The number of benzene rings is 1. The summed E-state index contributed by atoms with van der Waals surface area (Å²) >= 11 is 0. The number of carbonyl (C=O) groups excluding carboxylic acids is 1. The summed E-state index contributed by atoms with van der Waals surface area (Å²) in [4.78, 5) is 12.1. The Morgan fingerprint density at radius 2 is 2.14 bits per heavy atom. The summed E-state index contributed by atoms with van der Waals surface area (Å²) in [6.45, 7) is 3.18. The van der Waals surface area contributed by atoms with Crippen LogP contribution in [0, 0.1) is 0 Å². The normalized spacial score (nSPS) is 22.0. The molecule has 2 atom stereocenters. The first-order valence-corrected chi connectivity index (χ1v) is 8.40. The van der Waals surface area contributed by atoms with Gasteiger partial charge in [-0.05, 0) is 68.7 Å². The van der Waals surface area contributed by atoms with Gasteiger partial charge in [-0.2, -0.15) is 0 Å². The maximum absolute atomic E-state index is 12.1. The third-order valence-corrected chi connectivity index (χ3v) is 4.53. The predicted molar refractivity (Wildman–Crippen MR) is 85.2 cm³/mol. The van der Waals surface area contributed by atoms with Crippen LogP contribution in [-0.2, 0) is 22.4 Å². The SMILES string of the molecule is C[C@@H](Oc1ccc2c(c1)CCCC2)C(=O)NC[C@H]1CCCO1. The van der Waals surface area contributed by atoms with Gasteiger partial charge in [-0.25, -0.2) is 0 Å². The molecule has 120 valence electrons. The van der Waals surface area contributed by atoms with Crippen LogP contribution in [0.3, 0.4) is 0 Å². The summed E-state index contributed by atoms with van der Waals surface area (Å²) in [7, 11) is 0. The molecule has 1 aromatic carbocycles. The molecule has 4 nitrogen and oxygen atoms in total. The first-order chi connectivity index (χ1) is 10.7. The van der Waals surface area contributed by atoms with Gasteiger partial charge in [-0.3, -0.25) is 4.79 Å². The molecule has 1 heterocycles. The second-order valence-electron chi connectivity index (χ2n) is 6.28. The summed E-state index contributed by atoms with van der Waals surface area (Å²) in [5, 5.41) is 2.92. The number of rotatable bonds is 5. The summed E-state index contributed by atoms with van der Waals surface area (Å²) in [5.74, 6) is 0.716. The van der Waals surface area contributed by atoms with Gasteiger partial charge in [0.1, 0.15) is 5.75 Å². The molecule has 1 aliphatic carbocycles. The Labute approximate surface area is 132 Å². The van der Waals surface area contributed by atoms with Crippen molar-refractivity contribution in [3.05, 3.63) is 29.3 Å². The highest BCUT2D eigenvalue weighted by Gasteiger charge is 2.20. The quantitative estimate of drug-likeness (QED) is 0.909. The lowest BCUT2D eigenvalue weighted by Crippen LogP contribution is -2.40. The number of hydrogen-bond acceptors (Lipinski definition) is 3. The Bertz CT molecular complexity index is 523. The third kappa shape index (κ3) is 3.80. The summed E-state index contributed by atoms with van der Waals surface area (Å²) in [5.41, 5.74) is 2.80. The molecule has 1 aromatic rings. The summed E-state index contributed by atoms with van der Waals surface area (Å²) < 4.78 is 11.3. The Hall–Kier alpha value is -1.55. The monoisotopic (exact) mass is 303 g/mol. The van der Waals surface area contributed by atoms with E-state index in [-0.39, 0.29) is 12.0 Å². The number of aryl methyl sites for hydroxylation is 2. The van der Waals surface area contributed by atoms with Crippen LogP contribution in [0.5, 0.6) is 5.75 Å². The molecular weight excluding hydrogens is 278 g/mol. The molecule has 0 bridgehead atoms. The van der Waals surface area contributed by atoms with Gasteiger partial charge in [0.25, 0.3) is 5.91 Å². The minimum absolute atomic E-state index is 0.0757. The van der Waals surface area contributed by atoms with Crippen LogP contribution in [0.15, 0.2) is 18.2 Å². The van der Waals surface area contributed by atoms with E-state index in [1.54, 1.807) is 6.92 Å². The molecule has 1 fully saturated rings. The van der Waals surface area contributed by atoms with Gasteiger partial charge in [-0.1, -0.05) is 6.07 Å². The van der Waals surface area contributed by atoms with E-state index in [1.165, 1.54) is 24.0 Å². The summed E-state index contributed by atoms with van der Waals surface area (Å²) in [6.07, 6.45) is 6.59. The molecule has 1 N–H and O–H groups in total. The molecule has 0 radical (unpaired) electrons. The van der Waals surface area contributed by atoms with Crippen LogP contribution in [-0.4, -0.2) is 31.3 Å². The van der Waals surface area contributed by atoms with Crippen LogP contribution < -0.4 is 10.1 Å². The molecule has 1 aliphatic heterocycles. The molecule has 4 heteroatoms. The smallest absolute Gasteiger partial charge is 0.260 e. The maximum atomic E-state index is 12.1. The van der Waals surface area contributed by atoms with E-state index in [0.717, 1.165) is 38.0 Å². The highest BCUT2D eigenvalue weighted by Crippen LogP contribution is 2.25. The van der Waals surface area contributed by atoms with Crippen LogP contribution in [0.2, 0.25) is 0 Å². The fraction of sp³-hybridized carbons (Fsp3) is 0.611. The number of carbonyl (C=O) groups is 1. The minimum Gasteiger partial charge on any atom is -0.481 e. The summed E-state index contributed by atoms with van der Waals surface area (Å²) in [6, 6.07) is 6.22. The highest BCUT2D eigenvalue weighted by molar-refractivity contribution is 5.80. The molecule has 0 unspecified atom stereocenters. The fourth-order valence-corrected chi connectivity index (χ4v) is 3.20. The number of fused-ring (bicyclic) bond motifs is 1. The first-order valence-electron chi connectivity index (χ1n) is 8.40. The van der Waals surface area contributed by atoms with E-state index < -0.39 is 6.10 Å². The lowest BCUT2D eigenvalue weighted by atomic mass is 9.92. The fourth-order valence-electron chi connectivity index (χ4n) is 3.20. The second-order valence-corrected chi connectivity index (χ2v) is 6.28. The van der Waals surface area contributed by atoms with Crippen molar-refractivity contribution in [3.63, 3.8) is 0 Å². The van der Waals surface area contributed by atoms with Gasteiger partial charge in [0.15, 0.2) is 6.10 Å². The Kier molecular flexibility index (Phi) is 4.98. The van der Waals surface area contributed by atoms with E-state index in [2.05, 4.69) is 17.4 Å². The van der Waals surface area contributed by atoms with Crippen LogP contribution in [0.4, 0.5) is 0 Å². The molecule has 3 rings (SSSR count). The van der Waals surface area contributed by atoms with Crippen molar-refractivity contribution in [2.45, 2.75) is 57.7 Å². The lowest BCUT2D eigenvalue weighted by Gasteiger charge is -2.19. The lowest BCUT2D eigenvalue weighted by molar-refractivity contribution is -0.127. The van der Waals surface area contributed by atoms with Gasteiger partial charge in [0, 0.05) is 13.2 Å². The average Bonchev–Trinajstić information content (AvgIpc) is 3.06. The zero-order valence-electron chi connectivity index (χ0n) is 13.3. The molecule has 2 aliphatic rings. The second kappa shape index (κ2) is 7.14. The average molecular weight is 303 g/mol. The van der Waals surface area contributed by atoms with Crippen LogP contribution >= 0.6 is 0 Å². The first kappa shape index (κ1) is 15.3. The van der Waals surface area contributed by atoms with Gasteiger partial charge in [0.2, 0.25) is 0 Å². The number of hydrogen-bond donors (Lipinski definition) is 1. The molecule has 0 spiro atoms. The van der Waals surface area contributed by atoms with E-state index in [0.29, 0.717) is 6.54 Å². The Balaban J connectivity index is 1.51. The predicted octanol–water partition coefficient (Wildman–Crippen LogP) is 2.63. The maximum Gasteiger partial charge on any atom is 0.260 e. The van der Waals surface area contributed by atoms with Crippen molar-refractivity contribution < 1.29 is 14.3 Å². The van der Waals surface area contributed by atoms with Crippen molar-refractivity contribution in [1.82, 2.24) is 5.32 Å². The Morgan fingerprint density at radius 3 is 2.91 bits per heavy atom. The van der Waals surface area contributed by atoms with Crippen molar-refractivity contribution in [2.75, 3.05) is 13.2 Å². The minimum atomic E-state index is -0.483. The molecular formula is C18H25NO3. The highest BCUT2D eigenvalue weighted by atomic mass is 16.5. The van der Waals surface area contributed by atoms with Crippen molar-refractivity contribution in [3.8, 4) is 5.75 Å². The number of ether oxygens (including phenoxy) is 2. The van der Waals surface area contributed by atoms with Gasteiger partial charge in [0.05, 0.1) is 6.10 Å². The number of nitrogens with one attached hydrogen (secondary N) is 1. The van der Waals surface area contributed by atoms with Gasteiger partial charge in [-0.15, -0.1) is 0 Å². The standard InChI is InChI=1S/C18H25NO3/c1-13(18(20)19-12-17-7-4-10-21-17)22-16-9-8-14-5-2-3-6-15(14)11-16/h8-9,11,13,17H,2-7,10,12H2,1H3,(H,19,20)/t13-,17-/m1/s1. The third-order valence-electron chi connectivity index (χ3n) is 4.53. The zero-order valence-corrected chi connectivity index (χ0v) is 13.3. The topological polar surface area (TPSA) is 47.6 Å². The van der Waals surface area contributed by atoms with Crippen molar-refractivity contribution >= 4 is 5.91 Å². The van der Waals surface area contributed by atoms with E-state index in [9.17, 15) is 4.79 Å². The van der Waals surface area contributed by atoms with Crippen LogP contribution in [0.25, 0.3) is 0 Å². The largest absolute Gasteiger partial charge is 0.481 e. The molecule has 0 aromatic heterocycles. The zero-order chi connectivity index (χ0) is 15.4. The van der Waals surface area contributed by atoms with E-state index >= 15 is 0 Å². The van der Waals surface area contributed by atoms with Crippen molar-refractivity contribution in [1.29, 1.82) is 0 Å². The van der Waals surface area contributed by atoms with Crippen molar-refractivity contribution in [2.24, 2.45) is 0 Å². The molecule has 0 saturated carbocycles. The van der Waals surface area contributed by atoms with Gasteiger partial charge >= 0.3 is 0 Å². The molecule has 1 amide bonds. The molecule has 1 saturated heterocycles.